The van der Waals surface area contributed by atoms with Crippen molar-refractivity contribution in [2.75, 3.05) is 0 Å². The molecule has 1 aromatic carbocycles. The average Bonchev–Trinajstić information content (AvgIpc) is 3.13. The van der Waals surface area contributed by atoms with Crippen LogP contribution in [0.5, 0.6) is 5.75 Å². The Morgan fingerprint density at radius 1 is 1.21 bits per heavy atom. The van der Waals surface area contributed by atoms with Crippen LogP contribution in [0.3, 0.4) is 0 Å². The molecule has 3 aromatic rings. The predicted molar refractivity (Wildman–Crippen MR) is 108 cm³/mol. The lowest BCUT2D eigenvalue weighted by molar-refractivity contribution is -0.122. The summed E-state index contributed by atoms with van der Waals surface area (Å²) in [5.41, 5.74) is 0.973. The summed E-state index contributed by atoms with van der Waals surface area (Å²) in [5, 5.41) is 9.67. The minimum atomic E-state index is 0.0964. The molecule has 6 heteroatoms. The fourth-order valence-corrected chi connectivity index (χ4v) is 3.80. The fraction of sp³-hybridized carbons (Fsp3) is 0.409. The summed E-state index contributed by atoms with van der Waals surface area (Å²) in [4.78, 5) is 16.4. The van der Waals surface area contributed by atoms with Crippen LogP contribution in [0, 0.1) is 6.92 Å². The van der Waals surface area contributed by atoms with Crippen LogP contribution < -0.4 is 10.1 Å². The molecule has 0 spiro atoms. The van der Waals surface area contributed by atoms with E-state index >= 15 is 0 Å². The molecule has 1 saturated carbocycles. The van der Waals surface area contributed by atoms with Crippen LogP contribution in [-0.4, -0.2) is 32.8 Å². The van der Waals surface area contributed by atoms with Gasteiger partial charge < -0.3 is 10.1 Å². The van der Waals surface area contributed by atoms with Crippen LogP contribution in [0.2, 0.25) is 0 Å². The number of hydrogen-bond acceptors (Lipinski definition) is 4. The number of aromatic nitrogens is 3. The maximum Gasteiger partial charge on any atom is 0.222 e. The molecule has 0 unspecified atom stereocenters. The summed E-state index contributed by atoms with van der Waals surface area (Å²) in [6.07, 6.45) is 10.0. The van der Waals surface area contributed by atoms with E-state index in [4.69, 9.17) is 4.74 Å². The number of pyridine rings is 1. The second kappa shape index (κ2) is 8.42. The van der Waals surface area contributed by atoms with E-state index in [1.165, 1.54) is 0 Å². The molecule has 0 radical (unpaired) electrons. The van der Waals surface area contributed by atoms with Crippen molar-refractivity contribution in [1.29, 1.82) is 0 Å². The van der Waals surface area contributed by atoms with Crippen molar-refractivity contribution in [3.63, 3.8) is 0 Å². The Kier molecular flexibility index (Phi) is 5.55. The maximum atomic E-state index is 12.2. The molecule has 1 fully saturated rings. The van der Waals surface area contributed by atoms with Gasteiger partial charge in [-0.2, -0.15) is 5.10 Å². The van der Waals surface area contributed by atoms with Crippen LogP contribution in [0.25, 0.3) is 10.8 Å². The van der Waals surface area contributed by atoms with Crippen molar-refractivity contribution in [3.8, 4) is 5.75 Å². The van der Waals surface area contributed by atoms with Gasteiger partial charge in [-0.25, -0.2) is 0 Å². The van der Waals surface area contributed by atoms with Crippen LogP contribution in [-0.2, 0) is 11.3 Å². The molecule has 28 heavy (non-hydrogen) atoms. The number of nitrogens with zero attached hydrogens (tertiary/aromatic N) is 3. The van der Waals surface area contributed by atoms with Gasteiger partial charge in [0.2, 0.25) is 5.91 Å². The molecule has 0 saturated heterocycles. The Labute approximate surface area is 164 Å². The molecule has 146 valence electrons. The SMILES string of the molecule is Cc1ccn(CCC(=O)NC2CCC(Oc3cccc4cnccc34)CC2)n1. The number of aryl methyl sites for hydroxylation is 2. The topological polar surface area (TPSA) is 69.0 Å². The normalized spacial score (nSPS) is 19.5. The maximum absolute atomic E-state index is 12.2. The van der Waals surface area contributed by atoms with Crippen molar-refractivity contribution >= 4 is 16.7 Å². The number of carbonyl (C=O) groups is 1. The van der Waals surface area contributed by atoms with Crippen LogP contribution in [0.4, 0.5) is 0 Å². The van der Waals surface area contributed by atoms with E-state index in [2.05, 4.69) is 15.4 Å². The molecular weight excluding hydrogens is 352 g/mol. The third-order valence-electron chi connectivity index (χ3n) is 5.32. The molecule has 1 N–H and O–H groups in total. The van der Waals surface area contributed by atoms with Gasteiger partial charge in [0.05, 0.1) is 11.8 Å². The highest BCUT2D eigenvalue weighted by Gasteiger charge is 2.24. The number of fused-ring (bicyclic) bond motifs is 1. The van der Waals surface area contributed by atoms with E-state index in [1.54, 1.807) is 6.20 Å². The number of nitrogens with one attached hydrogen (secondary N) is 1. The number of hydrogen-bond donors (Lipinski definition) is 1. The molecule has 1 amide bonds. The van der Waals surface area contributed by atoms with Gasteiger partial charge >= 0.3 is 0 Å². The number of ether oxygens (including phenoxy) is 1. The quantitative estimate of drug-likeness (QED) is 0.711. The Hall–Kier alpha value is -2.89. The molecule has 2 aromatic heterocycles. The molecular formula is C22H26N4O2. The number of amides is 1. The Bertz CT molecular complexity index is 939. The highest BCUT2D eigenvalue weighted by atomic mass is 16.5. The largest absolute Gasteiger partial charge is 0.490 e. The number of rotatable bonds is 6. The number of benzene rings is 1. The Morgan fingerprint density at radius 3 is 2.86 bits per heavy atom. The predicted octanol–water partition coefficient (Wildman–Crippen LogP) is 3.64. The van der Waals surface area contributed by atoms with Crippen molar-refractivity contribution in [2.24, 2.45) is 0 Å². The summed E-state index contributed by atoms with van der Waals surface area (Å²) in [6, 6.07) is 10.3. The summed E-state index contributed by atoms with van der Waals surface area (Å²) in [7, 11) is 0. The molecule has 6 nitrogen and oxygen atoms in total. The second-order valence-corrected chi connectivity index (χ2v) is 7.48. The van der Waals surface area contributed by atoms with E-state index in [1.807, 2.05) is 54.3 Å². The lowest BCUT2D eigenvalue weighted by Gasteiger charge is -2.30. The first-order chi connectivity index (χ1) is 13.7. The van der Waals surface area contributed by atoms with Gasteiger partial charge in [-0.1, -0.05) is 12.1 Å². The smallest absolute Gasteiger partial charge is 0.222 e. The first-order valence-electron chi connectivity index (χ1n) is 9.96. The first-order valence-corrected chi connectivity index (χ1v) is 9.96. The van der Waals surface area contributed by atoms with E-state index in [-0.39, 0.29) is 18.1 Å². The minimum Gasteiger partial charge on any atom is -0.490 e. The number of carbonyl (C=O) groups excluding carboxylic acids is 1. The molecule has 2 heterocycles. The summed E-state index contributed by atoms with van der Waals surface area (Å²) >= 11 is 0. The summed E-state index contributed by atoms with van der Waals surface area (Å²) in [5.74, 6) is 1.01. The van der Waals surface area contributed by atoms with Crippen molar-refractivity contribution in [3.05, 3.63) is 54.6 Å². The average molecular weight is 378 g/mol. The van der Waals surface area contributed by atoms with Crippen LogP contribution in [0.15, 0.2) is 48.9 Å². The Morgan fingerprint density at radius 2 is 2.07 bits per heavy atom. The molecule has 1 aliphatic carbocycles. The van der Waals surface area contributed by atoms with E-state index in [0.29, 0.717) is 13.0 Å². The van der Waals surface area contributed by atoms with Crippen LogP contribution in [0.1, 0.15) is 37.8 Å². The minimum absolute atomic E-state index is 0.0964. The lowest BCUT2D eigenvalue weighted by atomic mass is 9.92. The Balaban J connectivity index is 1.24. The second-order valence-electron chi connectivity index (χ2n) is 7.48. The fourth-order valence-electron chi connectivity index (χ4n) is 3.80. The van der Waals surface area contributed by atoms with Gasteiger partial charge in [-0.3, -0.25) is 14.5 Å². The zero-order chi connectivity index (χ0) is 19.3. The molecule has 0 atom stereocenters. The van der Waals surface area contributed by atoms with Gasteiger partial charge in [-0.05, 0) is 50.8 Å². The molecule has 1 aliphatic rings. The van der Waals surface area contributed by atoms with E-state index < -0.39 is 0 Å². The van der Waals surface area contributed by atoms with Crippen LogP contribution >= 0.6 is 0 Å². The zero-order valence-electron chi connectivity index (χ0n) is 16.2. The van der Waals surface area contributed by atoms with Gasteiger partial charge in [-0.15, -0.1) is 0 Å². The molecule has 0 aliphatic heterocycles. The van der Waals surface area contributed by atoms with Gasteiger partial charge in [0, 0.05) is 48.4 Å². The van der Waals surface area contributed by atoms with Crippen molar-refractivity contribution in [2.45, 2.75) is 57.7 Å². The molecule has 0 bridgehead atoms. The summed E-state index contributed by atoms with van der Waals surface area (Å²) < 4.78 is 8.10. The lowest BCUT2D eigenvalue weighted by Crippen LogP contribution is -2.40. The van der Waals surface area contributed by atoms with E-state index in [9.17, 15) is 4.79 Å². The highest BCUT2D eigenvalue weighted by Crippen LogP contribution is 2.29. The van der Waals surface area contributed by atoms with Crippen molar-refractivity contribution in [1.82, 2.24) is 20.1 Å². The monoisotopic (exact) mass is 378 g/mol. The zero-order valence-corrected chi connectivity index (χ0v) is 16.2. The first kappa shape index (κ1) is 18.5. The van der Waals surface area contributed by atoms with Crippen molar-refractivity contribution < 1.29 is 9.53 Å². The molecule has 4 rings (SSSR count). The standard InChI is InChI=1S/C22H26N4O2/c1-16-10-13-26(25-16)14-11-22(27)24-18-5-7-19(8-6-18)28-21-4-2-3-17-15-23-12-9-20(17)21/h2-4,9-10,12-13,15,18-19H,5-8,11,14H2,1H3,(H,24,27). The highest BCUT2D eigenvalue weighted by molar-refractivity contribution is 5.87. The summed E-state index contributed by atoms with van der Waals surface area (Å²) in [6.45, 7) is 2.57. The third-order valence-corrected chi connectivity index (χ3v) is 5.32. The third kappa shape index (κ3) is 4.50. The van der Waals surface area contributed by atoms with E-state index in [0.717, 1.165) is 47.9 Å². The van der Waals surface area contributed by atoms with Gasteiger partial charge in [0.1, 0.15) is 5.75 Å². The van der Waals surface area contributed by atoms with Gasteiger partial charge in [0.25, 0.3) is 0 Å². The van der Waals surface area contributed by atoms with Gasteiger partial charge in [0.15, 0.2) is 0 Å².